The second kappa shape index (κ2) is 9.42. The van der Waals surface area contributed by atoms with Crippen molar-refractivity contribution in [3.8, 4) is 0 Å². The summed E-state index contributed by atoms with van der Waals surface area (Å²) in [7, 11) is -3.50. The third kappa shape index (κ3) is 5.02. The minimum absolute atomic E-state index is 0.0336. The molecule has 32 heavy (non-hydrogen) atoms. The van der Waals surface area contributed by atoms with Gasteiger partial charge in [-0.3, -0.25) is 9.59 Å². The normalized spacial score (nSPS) is 19.8. The lowest BCUT2D eigenvalue weighted by Crippen LogP contribution is -2.35. The predicted octanol–water partition coefficient (Wildman–Crippen LogP) is 3.16. The first kappa shape index (κ1) is 22.5. The van der Waals surface area contributed by atoms with Crippen LogP contribution in [0.4, 0.5) is 5.69 Å². The van der Waals surface area contributed by atoms with Crippen LogP contribution in [-0.2, 0) is 26.2 Å². The zero-order valence-electron chi connectivity index (χ0n) is 18.3. The van der Waals surface area contributed by atoms with Crippen molar-refractivity contribution in [2.24, 2.45) is 5.92 Å². The maximum atomic E-state index is 12.8. The van der Waals surface area contributed by atoms with Crippen LogP contribution in [0.25, 0.3) is 0 Å². The largest absolute Gasteiger partial charge is 0.338 e. The molecule has 0 saturated carbocycles. The van der Waals surface area contributed by atoms with Crippen molar-refractivity contribution < 1.29 is 18.0 Å². The number of benzene rings is 2. The number of hydrogen-bond acceptors (Lipinski definition) is 4. The molecule has 1 atom stereocenters. The molecule has 2 saturated heterocycles. The molecule has 4 rings (SSSR count). The Morgan fingerprint density at radius 2 is 1.66 bits per heavy atom. The van der Waals surface area contributed by atoms with Gasteiger partial charge in [-0.15, -0.1) is 0 Å². The number of likely N-dealkylation sites (tertiary alicyclic amines) is 1. The van der Waals surface area contributed by atoms with E-state index in [0.29, 0.717) is 31.9 Å². The van der Waals surface area contributed by atoms with Crippen molar-refractivity contribution in [3.63, 3.8) is 0 Å². The monoisotopic (exact) mass is 455 g/mol. The number of piperidine rings is 1. The molecule has 0 spiro atoms. The molecule has 170 valence electrons. The zero-order valence-corrected chi connectivity index (χ0v) is 19.1. The lowest BCUT2D eigenvalue weighted by atomic mass is 10.1. The standard InChI is InChI=1S/C24H29N3O4S/c1-18-5-7-19(8-6-18)16-26-17-20(15-23(26)28)24(29)25-21-9-11-22(12-10-21)32(30,31)27-13-3-2-4-14-27/h5-12,20H,2-4,13-17H2,1H3,(H,25,29)/t20-/m0/s1. The van der Waals surface area contributed by atoms with Gasteiger partial charge in [0.2, 0.25) is 21.8 Å². The molecule has 2 fully saturated rings. The highest BCUT2D eigenvalue weighted by Gasteiger charge is 2.34. The van der Waals surface area contributed by atoms with Gasteiger partial charge < -0.3 is 10.2 Å². The molecule has 8 heteroatoms. The Bertz CT molecular complexity index is 1080. The van der Waals surface area contributed by atoms with E-state index in [2.05, 4.69) is 5.32 Å². The molecule has 2 aliphatic heterocycles. The number of nitrogens with zero attached hydrogens (tertiary/aromatic N) is 2. The average molecular weight is 456 g/mol. The Morgan fingerprint density at radius 3 is 2.31 bits per heavy atom. The van der Waals surface area contributed by atoms with Gasteiger partial charge in [0.15, 0.2) is 0 Å². The fourth-order valence-corrected chi connectivity index (χ4v) is 5.74. The summed E-state index contributed by atoms with van der Waals surface area (Å²) in [5.74, 6) is -0.685. The first-order valence-corrected chi connectivity index (χ1v) is 12.5. The summed E-state index contributed by atoms with van der Waals surface area (Å²) in [5.41, 5.74) is 2.72. The van der Waals surface area contributed by atoms with Gasteiger partial charge in [0, 0.05) is 38.3 Å². The van der Waals surface area contributed by atoms with Gasteiger partial charge in [0.1, 0.15) is 0 Å². The highest BCUT2D eigenvalue weighted by molar-refractivity contribution is 7.89. The summed E-state index contributed by atoms with van der Waals surface area (Å²) in [6.07, 6.45) is 3.01. The second-order valence-electron chi connectivity index (χ2n) is 8.64. The van der Waals surface area contributed by atoms with Crippen molar-refractivity contribution in [1.29, 1.82) is 0 Å². The van der Waals surface area contributed by atoms with E-state index in [9.17, 15) is 18.0 Å². The van der Waals surface area contributed by atoms with Gasteiger partial charge in [-0.2, -0.15) is 4.31 Å². The highest BCUT2D eigenvalue weighted by atomic mass is 32.2. The summed E-state index contributed by atoms with van der Waals surface area (Å²) in [4.78, 5) is 27.1. The van der Waals surface area contributed by atoms with Crippen LogP contribution in [0.2, 0.25) is 0 Å². The number of hydrogen-bond donors (Lipinski definition) is 1. The van der Waals surface area contributed by atoms with E-state index < -0.39 is 15.9 Å². The molecule has 7 nitrogen and oxygen atoms in total. The van der Waals surface area contributed by atoms with E-state index in [1.807, 2.05) is 31.2 Å². The molecule has 0 aliphatic carbocycles. The summed E-state index contributed by atoms with van der Waals surface area (Å²) in [6, 6.07) is 14.3. The van der Waals surface area contributed by atoms with Crippen molar-refractivity contribution in [1.82, 2.24) is 9.21 Å². The highest BCUT2D eigenvalue weighted by Crippen LogP contribution is 2.24. The van der Waals surface area contributed by atoms with Crippen molar-refractivity contribution >= 4 is 27.5 Å². The van der Waals surface area contributed by atoms with Crippen LogP contribution in [0.5, 0.6) is 0 Å². The summed E-state index contributed by atoms with van der Waals surface area (Å²) in [5, 5.41) is 2.83. The molecule has 2 heterocycles. The van der Waals surface area contributed by atoms with E-state index in [4.69, 9.17) is 0 Å². The molecule has 2 aromatic rings. The van der Waals surface area contributed by atoms with E-state index >= 15 is 0 Å². The Morgan fingerprint density at radius 1 is 1.00 bits per heavy atom. The molecule has 2 aliphatic rings. The van der Waals surface area contributed by atoms with E-state index in [1.54, 1.807) is 17.0 Å². The molecular weight excluding hydrogens is 426 g/mol. The Labute approximate surface area is 189 Å². The number of rotatable bonds is 6. The van der Waals surface area contributed by atoms with Crippen LogP contribution in [-0.4, -0.2) is 49.1 Å². The first-order chi connectivity index (χ1) is 15.3. The third-order valence-corrected chi connectivity index (χ3v) is 8.07. The molecule has 2 amide bonds. The molecule has 0 aromatic heterocycles. The number of carbonyl (C=O) groups excluding carboxylic acids is 2. The first-order valence-electron chi connectivity index (χ1n) is 11.1. The molecule has 2 aromatic carbocycles. The minimum atomic E-state index is -3.50. The zero-order chi connectivity index (χ0) is 22.7. The Kier molecular flexibility index (Phi) is 6.62. The van der Waals surface area contributed by atoms with Crippen molar-refractivity contribution in [2.75, 3.05) is 25.0 Å². The topological polar surface area (TPSA) is 86.8 Å². The van der Waals surface area contributed by atoms with Crippen LogP contribution in [0.15, 0.2) is 53.4 Å². The number of nitrogens with one attached hydrogen (secondary N) is 1. The molecule has 0 radical (unpaired) electrons. The maximum absolute atomic E-state index is 12.8. The maximum Gasteiger partial charge on any atom is 0.243 e. The number of carbonyl (C=O) groups is 2. The average Bonchev–Trinajstić information content (AvgIpc) is 3.16. The SMILES string of the molecule is Cc1ccc(CN2C[C@@H](C(=O)Nc3ccc(S(=O)(=O)N4CCCCC4)cc3)CC2=O)cc1. The Hall–Kier alpha value is -2.71. The van der Waals surface area contributed by atoms with E-state index in [0.717, 1.165) is 30.4 Å². The predicted molar refractivity (Wildman–Crippen MR) is 122 cm³/mol. The number of amides is 2. The van der Waals surface area contributed by atoms with Gasteiger partial charge >= 0.3 is 0 Å². The summed E-state index contributed by atoms with van der Waals surface area (Å²) < 4.78 is 27.1. The molecule has 0 bridgehead atoms. The molecular formula is C24H29N3O4S. The van der Waals surface area contributed by atoms with Gasteiger partial charge in [-0.05, 0) is 49.6 Å². The lowest BCUT2D eigenvalue weighted by molar-refractivity contribution is -0.128. The van der Waals surface area contributed by atoms with E-state index in [1.165, 1.54) is 16.4 Å². The summed E-state index contributed by atoms with van der Waals surface area (Å²) in [6.45, 7) is 3.98. The minimum Gasteiger partial charge on any atom is -0.338 e. The Balaban J connectivity index is 1.35. The number of sulfonamides is 1. The van der Waals surface area contributed by atoms with Crippen molar-refractivity contribution in [3.05, 3.63) is 59.7 Å². The van der Waals surface area contributed by atoms with Crippen LogP contribution in [0.1, 0.15) is 36.8 Å². The van der Waals surface area contributed by atoms with E-state index in [-0.39, 0.29) is 23.1 Å². The molecule has 1 N–H and O–H groups in total. The number of anilines is 1. The fourth-order valence-electron chi connectivity index (χ4n) is 4.22. The summed E-state index contributed by atoms with van der Waals surface area (Å²) >= 11 is 0. The van der Waals surface area contributed by atoms with Gasteiger partial charge in [-0.25, -0.2) is 8.42 Å². The van der Waals surface area contributed by atoms with Crippen molar-refractivity contribution in [2.45, 2.75) is 44.0 Å². The van der Waals surface area contributed by atoms with Crippen LogP contribution in [0.3, 0.4) is 0 Å². The van der Waals surface area contributed by atoms with Crippen LogP contribution in [0, 0.1) is 12.8 Å². The smallest absolute Gasteiger partial charge is 0.243 e. The lowest BCUT2D eigenvalue weighted by Gasteiger charge is -2.25. The van der Waals surface area contributed by atoms with Gasteiger partial charge in [0.05, 0.1) is 10.8 Å². The molecule has 0 unspecified atom stereocenters. The van der Waals surface area contributed by atoms with Crippen LogP contribution >= 0.6 is 0 Å². The van der Waals surface area contributed by atoms with Gasteiger partial charge in [0.25, 0.3) is 0 Å². The second-order valence-corrected chi connectivity index (χ2v) is 10.6. The third-order valence-electron chi connectivity index (χ3n) is 6.15. The fraction of sp³-hybridized carbons (Fsp3) is 0.417. The van der Waals surface area contributed by atoms with Gasteiger partial charge in [-0.1, -0.05) is 36.2 Å². The van der Waals surface area contributed by atoms with Crippen LogP contribution < -0.4 is 5.32 Å². The quantitative estimate of drug-likeness (QED) is 0.725. The number of aryl methyl sites for hydroxylation is 1.